The van der Waals surface area contributed by atoms with Crippen molar-refractivity contribution in [2.24, 2.45) is 0 Å². The average molecular weight is 443 g/mol. The molecular weight excluding hydrogens is 421 g/mol. The number of hydrogen-bond donors (Lipinski definition) is 1. The number of pyridine rings is 1. The van der Waals surface area contributed by atoms with E-state index in [0.717, 1.165) is 37.2 Å². The Hall–Kier alpha value is -1.53. The Morgan fingerprint density at radius 3 is 2.46 bits per heavy atom. The number of halogens is 3. The third-order valence-corrected chi connectivity index (χ3v) is 6.16. The Bertz CT molecular complexity index is 824. The molecule has 28 heavy (non-hydrogen) atoms. The summed E-state index contributed by atoms with van der Waals surface area (Å²) in [5.74, 6) is 0.427. The van der Waals surface area contributed by atoms with Crippen LogP contribution in [0.15, 0.2) is 30.5 Å². The van der Waals surface area contributed by atoms with Crippen molar-refractivity contribution in [3.63, 3.8) is 0 Å². The van der Waals surface area contributed by atoms with Gasteiger partial charge in [0.25, 0.3) is 5.91 Å². The lowest BCUT2D eigenvalue weighted by Crippen LogP contribution is -2.40. The minimum absolute atomic E-state index is 0.0525. The maximum Gasteiger partial charge on any atom is 0.271 e. The average Bonchev–Trinajstić information content (AvgIpc) is 2.73. The van der Waals surface area contributed by atoms with Crippen molar-refractivity contribution in [2.45, 2.75) is 25.3 Å². The molecule has 1 aliphatic rings. The van der Waals surface area contributed by atoms with Gasteiger partial charge in [0.15, 0.2) is 0 Å². The number of nitrogens with one attached hydrogen (secondary N) is 1. The third kappa shape index (κ3) is 4.90. The number of carbonyl (C=O) groups excluding carboxylic acids is 1. The van der Waals surface area contributed by atoms with Crippen LogP contribution in [0.2, 0.25) is 15.1 Å². The molecule has 1 fully saturated rings. The molecule has 2 heterocycles. The van der Waals surface area contributed by atoms with Gasteiger partial charge in [-0.2, -0.15) is 0 Å². The van der Waals surface area contributed by atoms with Gasteiger partial charge in [0.1, 0.15) is 11.4 Å². The molecule has 2 aromatic rings. The van der Waals surface area contributed by atoms with Gasteiger partial charge in [-0.25, -0.2) is 4.98 Å². The molecule has 0 bridgehead atoms. The fourth-order valence-electron chi connectivity index (χ4n) is 3.39. The number of methoxy groups -OCH3 is 1. The molecule has 0 radical (unpaired) electrons. The largest absolute Gasteiger partial charge is 0.497 e. The van der Waals surface area contributed by atoms with Crippen LogP contribution >= 0.6 is 34.8 Å². The molecule has 1 aliphatic heterocycles. The molecule has 0 spiro atoms. The number of amides is 1. The van der Waals surface area contributed by atoms with Gasteiger partial charge in [-0.3, -0.25) is 9.69 Å². The standard InChI is InChI=1S/C20H22Cl3N3O2/c1-28-14-7-5-13(6-8-14)16(26-9-3-2-4-10-26)12-25-20(27)19-18(23)17(22)15(21)11-24-19/h5-8,11,16H,2-4,9-10,12H2,1H3,(H,25,27)/t16-/m0/s1. The van der Waals surface area contributed by atoms with Gasteiger partial charge in [-0.1, -0.05) is 53.4 Å². The van der Waals surface area contributed by atoms with Crippen LogP contribution in [0.3, 0.4) is 0 Å². The minimum atomic E-state index is -0.376. The number of carbonyl (C=O) groups is 1. The van der Waals surface area contributed by atoms with Crippen LogP contribution in [0.1, 0.15) is 41.4 Å². The van der Waals surface area contributed by atoms with Crippen LogP contribution in [0.5, 0.6) is 5.75 Å². The zero-order valence-electron chi connectivity index (χ0n) is 15.6. The lowest BCUT2D eigenvalue weighted by Gasteiger charge is -2.35. The van der Waals surface area contributed by atoms with Crippen LogP contribution in [-0.4, -0.2) is 42.5 Å². The van der Waals surface area contributed by atoms with Crippen LogP contribution in [0.25, 0.3) is 0 Å². The monoisotopic (exact) mass is 441 g/mol. The molecule has 150 valence electrons. The molecular formula is C20H22Cl3N3O2. The Kier molecular flexibility index (Phi) is 7.41. The first-order valence-electron chi connectivity index (χ1n) is 9.17. The molecule has 0 saturated carbocycles. The number of hydrogen-bond acceptors (Lipinski definition) is 4. The molecule has 0 unspecified atom stereocenters. The fraction of sp³-hybridized carbons (Fsp3) is 0.400. The highest BCUT2D eigenvalue weighted by Gasteiger charge is 2.24. The molecule has 1 amide bonds. The molecule has 1 saturated heterocycles. The van der Waals surface area contributed by atoms with Crippen molar-refractivity contribution in [1.82, 2.24) is 15.2 Å². The fourth-order valence-corrected chi connectivity index (χ4v) is 3.95. The molecule has 5 nitrogen and oxygen atoms in total. The van der Waals surface area contributed by atoms with Gasteiger partial charge in [-0.05, 0) is 43.6 Å². The first kappa shape index (κ1) is 21.2. The van der Waals surface area contributed by atoms with Gasteiger partial charge in [0.05, 0.1) is 28.2 Å². The summed E-state index contributed by atoms with van der Waals surface area (Å²) >= 11 is 18.1. The first-order valence-corrected chi connectivity index (χ1v) is 10.3. The number of benzene rings is 1. The lowest BCUT2D eigenvalue weighted by atomic mass is 10.0. The van der Waals surface area contributed by atoms with Crippen molar-refractivity contribution >= 4 is 40.7 Å². The number of ether oxygens (including phenoxy) is 1. The van der Waals surface area contributed by atoms with Crippen LogP contribution < -0.4 is 10.1 Å². The number of piperidine rings is 1. The number of nitrogens with zero attached hydrogens (tertiary/aromatic N) is 2. The second-order valence-electron chi connectivity index (χ2n) is 6.68. The summed E-state index contributed by atoms with van der Waals surface area (Å²) < 4.78 is 5.25. The second-order valence-corrected chi connectivity index (χ2v) is 7.84. The van der Waals surface area contributed by atoms with Crippen molar-refractivity contribution in [3.05, 3.63) is 56.8 Å². The van der Waals surface area contributed by atoms with Crippen molar-refractivity contribution in [3.8, 4) is 5.75 Å². The van der Waals surface area contributed by atoms with Gasteiger partial charge >= 0.3 is 0 Å². The van der Waals surface area contributed by atoms with E-state index < -0.39 is 0 Å². The SMILES string of the molecule is COc1ccc([C@H](CNC(=O)c2ncc(Cl)c(Cl)c2Cl)N2CCCCC2)cc1. The van der Waals surface area contributed by atoms with Crippen molar-refractivity contribution < 1.29 is 9.53 Å². The quantitative estimate of drug-likeness (QED) is 0.683. The van der Waals surface area contributed by atoms with E-state index in [1.807, 2.05) is 24.3 Å². The summed E-state index contributed by atoms with van der Waals surface area (Å²) in [7, 11) is 1.64. The van der Waals surface area contributed by atoms with Crippen LogP contribution in [0.4, 0.5) is 0 Å². The topological polar surface area (TPSA) is 54.5 Å². The molecule has 0 aliphatic carbocycles. The van der Waals surface area contributed by atoms with E-state index in [-0.39, 0.29) is 32.7 Å². The lowest BCUT2D eigenvalue weighted by molar-refractivity contribution is 0.0919. The van der Waals surface area contributed by atoms with E-state index in [1.54, 1.807) is 7.11 Å². The number of rotatable bonds is 6. The summed E-state index contributed by atoms with van der Waals surface area (Å²) in [5, 5.41) is 3.36. The molecule has 8 heteroatoms. The van der Waals surface area contributed by atoms with Crippen LogP contribution in [-0.2, 0) is 0 Å². The molecule has 1 aromatic heterocycles. The van der Waals surface area contributed by atoms with Gasteiger partial charge in [0.2, 0.25) is 0 Å². The van der Waals surface area contributed by atoms with E-state index in [1.165, 1.54) is 12.6 Å². The Balaban J connectivity index is 1.77. The van der Waals surface area contributed by atoms with Crippen molar-refractivity contribution in [2.75, 3.05) is 26.7 Å². The first-order chi connectivity index (χ1) is 13.5. The molecule has 1 N–H and O–H groups in total. The summed E-state index contributed by atoms with van der Waals surface area (Å²) in [6, 6.07) is 8.00. The predicted molar refractivity (Wildman–Crippen MR) is 113 cm³/mol. The predicted octanol–water partition coefficient (Wildman–Crippen LogP) is 5.01. The maximum absolute atomic E-state index is 12.6. The van der Waals surface area contributed by atoms with Gasteiger partial charge in [0, 0.05) is 12.7 Å². The zero-order chi connectivity index (χ0) is 20.1. The van der Waals surface area contributed by atoms with E-state index >= 15 is 0 Å². The maximum atomic E-state index is 12.6. The van der Waals surface area contributed by atoms with Gasteiger partial charge in [-0.15, -0.1) is 0 Å². The third-order valence-electron chi connectivity index (χ3n) is 4.92. The second kappa shape index (κ2) is 9.79. The number of likely N-dealkylation sites (tertiary alicyclic amines) is 1. The Labute approximate surface area is 179 Å². The summed E-state index contributed by atoms with van der Waals surface area (Å²) in [5.41, 5.74) is 1.19. The molecule has 1 aromatic carbocycles. The Morgan fingerprint density at radius 2 is 1.82 bits per heavy atom. The van der Waals surface area contributed by atoms with Crippen LogP contribution in [0, 0.1) is 0 Å². The minimum Gasteiger partial charge on any atom is -0.497 e. The highest BCUT2D eigenvalue weighted by atomic mass is 35.5. The normalized spacial score (nSPS) is 15.9. The zero-order valence-corrected chi connectivity index (χ0v) is 17.8. The van der Waals surface area contributed by atoms with E-state index in [4.69, 9.17) is 39.5 Å². The van der Waals surface area contributed by atoms with E-state index in [2.05, 4.69) is 15.2 Å². The highest BCUT2D eigenvalue weighted by Crippen LogP contribution is 2.31. The van der Waals surface area contributed by atoms with Gasteiger partial charge < -0.3 is 10.1 Å². The summed E-state index contributed by atoms with van der Waals surface area (Å²) in [6.07, 6.45) is 4.87. The summed E-state index contributed by atoms with van der Waals surface area (Å²) in [6.45, 7) is 2.43. The van der Waals surface area contributed by atoms with E-state index in [0.29, 0.717) is 6.54 Å². The molecule has 1 atom stereocenters. The smallest absolute Gasteiger partial charge is 0.271 e. The number of aromatic nitrogens is 1. The van der Waals surface area contributed by atoms with E-state index in [9.17, 15) is 4.79 Å². The highest BCUT2D eigenvalue weighted by molar-refractivity contribution is 6.48. The Morgan fingerprint density at radius 1 is 1.14 bits per heavy atom. The molecule has 3 rings (SSSR count). The summed E-state index contributed by atoms with van der Waals surface area (Å²) in [4.78, 5) is 19.1. The van der Waals surface area contributed by atoms with Crippen molar-refractivity contribution in [1.29, 1.82) is 0 Å².